The lowest BCUT2D eigenvalue weighted by Crippen LogP contribution is -2.22. The number of hydroxylamine groups is 1. The van der Waals surface area contributed by atoms with Gasteiger partial charge in [0.25, 0.3) is 5.91 Å². The van der Waals surface area contributed by atoms with Crippen LogP contribution in [-0.2, 0) is 4.84 Å². The van der Waals surface area contributed by atoms with Crippen LogP contribution in [0.1, 0.15) is 27.3 Å². The normalized spacial score (nSPS) is 10.1. The molecule has 1 amide bonds. The third kappa shape index (κ3) is 2.42. The standard InChI is InChI=1S/C15H15N3O2/c1-10-8-14(15(19)17-20-3)11(2)18(10)13-6-4-12(9-16)5-7-13/h4-8H,1-3H3,(H,17,19). The summed E-state index contributed by atoms with van der Waals surface area (Å²) in [6.45, 7) is 3.80. The number of benzene rings is 1. The average Bonchev–Trinajstić information content (AvgIpc) is 2.75. The number of aromatic nitrogens is 1. The van der Waals surface area contributed by atoms with Crippen LogP contribution >= 0.6 is 0 Å². The molecule has 1 N–H and O–H groups in total. The summed E-state index contributed by atoms with van der Waals surface area (Å²) in [5, 5.41) is 8.82. The van der Waals surface area contributed by atoms with E-state index in [1.54, 1.807) is 12.1 Å². The Labute approximate surface area is 117 Å². The molecule has 0 saturated heterocycles. The first-order valence-electron chi connectivity index (χ1n) is 6.11. The van der Waals surface area contributed by atoms with Crippen molar-refractivity contribution in [3.8, 4) is 11.8 Å². The summed E-state index contributed by atoms with van der Waals surface area (Å²) in [4.78, 5) is 16.5. The molecule has 102 valence electrons. The van der Waals surface area contributed by atoms with E-state index in [-0.39, 0.29) is 5.91 Å². The summed E-state index contributed by atoms with van der Waals surface area (Å²) < 4.78 is 1.96. The molecule has 0 aliphatic carbocycles. The van der Waals surface area contributed by atoms with Crippen molar-refractivity contribution < 1.29 is 9.63 Å². The average molecular weight is 269 g/mol. The summed E-state index contributed by atoms with van der Waals surface area (Å²) in [5.74, 6) is -0.277. The van der Waals surface area contributed by atoms with Crippen molar-refractivity contribution in [1.82, 2.24) is 10.0 Å². The van der Waals surface area contributed by atoms with Gasteiger partial charge >= 0.3 is 0 Å². The van der Waals surface area contributed by atoms with Crippen molar-refractivity contribution >= 4 is 5.91 Å². The van der Waals surface area contributed by atoms with Gasteiger partial charge in [-0.1, -0.05) is 0 Å². The fourth-order valence-corrected chi connectivity index (χ4v) is 2.22. The van der Waals surface area contributed by atoms with Crippen molar-refractivity contribution in [2.75, 3.05) is 7.11 Å². The molecule has 1 heterocycles. The number of nitriles is 1. The van der Waals surface area contributed by atoms with Crippen LogP contribution in [0.15, 0.2) is 30.3 Å². The fourth-order valence-electron chi connectivity index (χ4n) is 2.22. The van der Waals surface area contributed by atoms with E-state index >= 15 is 0 Å². The van der Waals surface area contributed by atoms with Crippen LogP contribution in [0, 0.1) is 25.2 Å². The molecule has 0 atom stereocenters. The Hall–Kier alpha value is -2.58. The Morgan fingerprint density at radius 1 is 1.30 bits per heavy atom. The van der Waals surface area contributed by atoms with Crippen LogP contribution in [0.3, 0.4) is 0 Å². The van der Waals surface area contributed by atoms with Gasteiger partial charge in [-0.25, -0.2) is 5.48 Å². The van der Waals surface area contributed by atoms with Gasteiger partial charge in [0.2, 0.25) is 0 Å². The van der Waals surface area contributed by atoms with Gasteiger partial charge in [-0.3, -0.25) is 9.63 Å². The molecule has 2 aromatic rings. The summed E-state index contributed by atoms with van der Waals surface area (Å²) >= 11 is 0. The Morgan fingerprint density at radius 2 is 1.95 bits per heavy atom. The molecule has 0 spiro atoms. The van der Waals surface area contributed by atoms with E-state index < -0.39 is 0 Å². The lowest BCUT2D eigenvalue weighted by atomic mass is 10.2. The van der Waals surface area contributed by atoms with E-state index in [2.05, 4.69) is 16.4 Å². The smallest absolute Gasteiger partial charge is 0.276 e. The molecule has 0 radical (unpaired) electrons. The van der Waals surface area contributed by atoms with E-state index in [0.29, 0.717) is 11.1 Å². The molecular weight excluding hydrogens is 254 g/mol. The quantitative estimate of drug-likeness (QED) is 0.869. The van der Waals surface area contributed by atoms with E-state index in [4.69, 9.17) is 5.26 Å². The zero-order valence-corrected chi connectivity index (χ0v) is 11.6. The van der Waals surface area contributed by atoms with Crippen molar-refractivity contribution in [1.29, 1.82) is 5.26 Å². The van der Waals surface area contributed by atoms with Crippen LogP contribution in [0.25, 0.3) is 5.69 Å². The van der Waals surface area contributed by atoms with Gasteiger partial charge in [-0.15, -0.1) is 0 Å². The SMILES string of the molecule is CONC(=O)c1cc(C)n(-c2ccc(C#N)cc2)c1C. The maximum Gasteiger partial charge on any atom is 0.276 e. The topological polar surface area (TPSA) is 67.0 Å². The molecular formula is C15H15N3O2. The second kappa shape index (κ2) is 5.59. The molecule has 1 aromatic carbocycles. The summed E-state index contributed by atoms with van der Waals surface area (Å²) in [5.41, 5.74) is 6.16. The minimum Gasteiger partial charge on any atom is -0.318 e. The monoisotopic (exact) mass is 269 g/mol. The van der Waals surface area contributed by atoms with Crippen molar-refractivity contribution in [3.05, 3.63) is 52.8 Å². The van der Waals surface area contributed by atoms with E-state index in [9.17, 15) is 4.79 Å². The van der Waals surface area contributed by atoms with E-state index in [1.165, 1.54) is 7.11 Å². The van der Waals surface area contributed by atoms with Crippen LogP contribution in [-0.4, -0.2) is 17.6 Å². The van der Waals surface area contributed by atoms with Crippen molar-refractivity contribution in [2.24, 2.45) is 0 Å². The van der Waals surface area contributed by atoms with Gasteiger partial charge in [-0.05, 0) is 44.2 Å². The van der Waals surface area contributed by atoms with Gasteiger partial charge < -0.3 is 4.57 Å². The van der Waals surface area contributed by atoms with Gasteiger partial charge in [0.1, 0.15) is 0 Å². The molecule has 0 saturated carbocycles. The maximum absolute atomic E-state index is 11.9. The van der Waals surface area contributed by atoms with Crippen LogP contribution in [0.4, 0.5) is 0 Å². The van der Waals surface area contributed by atoms with Gasteiger partial charge in [0, 0.05) is 17.1 Å². The Balaban J connectivity index is 2.47. The first kappa shape index (κ1) is 13.8. The number of nitrogens with zero attached hydrogens (tertiary/aromatic N) is 2. The first-order chi connectivity index (χ1) is 9.58. The number of carbonyl (C=O) groups excluding carboxylic acids is 1. The van der Waals surface area contributed by atoms with E-state index in [0.717, 1.165) is 17.1 Å². The summed E-state index contributed by atoms with van der Waals surface area (Å²) in [6, 6.07) is 11.1. The lowest BCUT2D eigenvalue weighted by Gasteiger charge is -2.10. The minimum atomic E-state index is -0.277. The van der Waals surface area contributed by atoms with Crippen LogP contribution in [0.2, 0.25) is 0 Å². The molecule has 0 aliphatic rings. The molecule has 0 unspecified atom stereocenters. The Bertz CT molecular complexity index is 678. The fraction of sp³-hybridized carbons (Fsp3) is 0.200. The highest BCUT2D eigenvalue weighted by molar-refractivity contribution is 5.95. The zero-order valence-electron chi connectivity index (χ0n) is 11.6. The van der Waals surface area contributed by atoms with E-state index in [1.807, 2.05) is 36.6 Å². The highest BCUT2D eigenvalue weighted by Gasteiger charge is 2.16. The molecule has 0 fully saturated rings. The largest absolute Gasteiger partial charge is 0.318 e. The second-order valence-corrected chi connectivity index (χ2v) is 4.41. The molecule has 1 aromatic heterocycles. The highest BCUT2D eigenvalue weighted by atomic mass is 16.6. The number of aryl methyl sites for hydroxylation is 1. The zero-order chi connectivity index (χ0) is 14.7. The molecule has 5 nitrogen and oxygen atoms in total. The summed E-state index contributed by atoms with van der Waals surface area (Å²) in [6.07, 6.45) is 0. The molecule has 0 bridgehead atoms. The number of hydrogen-bond acceptors (Lipinski definition) is 3. The van der Waals surface area contributed by atoms with Gasteiger partial charge in [-0.2, -0.15) is 5.26 Å². The van der Waals surface area contributed by atoms with Gasteiger partial charge in [0.05, 0.1) is 24.3 Å². The number of nitrogens with one attached hydrogen (secondary N) is 1. The first-order valence-corrected chi connectivity index (χ1v) is 6.11. The van der Waals surface area contributed by atoms with Crippen LogP contribution in [0.5, 0.6) is 0 Å². The highest BCUT2D eigenvalue weighted by Crippen LogP contribution is 2.21. The number of rotatable bonds is 3. The minimum absolute atomic E-state index is 0.277. The molecule has 5 heteroatoms. The maximum atomic E-state index is 11.9. The van der Waals surface area contributed by atoms with Crippen LogP contribution < -0.4 is 5.48 Å². The third-order valence-corrected chi connectivity index (χ3v) is 3.13. The number of hydrogen-bond donors (Lipinski definition) is 1. The Kier molecular flexibility index (Phi) is 3.87. The number of amides is 1. The Morgan fingerprint density at radius 3 is 2.50 bits per heavy atom. The predicted molar refractivity (Wildman–Crippen MR) is 74.4 cm³/mol. The van der Waals surface area contributed by atoms with Crippen molar-refractivity contribution in [3.63, 3.8) is 0 Å². The van der Waals surface area contributed by atoms with Gasteiger partial charge in [0.15, 0.2) is 0 Å². The van der Waals surface area contributed by atoms with Crippen molar-refractivity contribution in [2.45, 2.75) is 13.8 Å². The second-order valence-electron chi connectivity index (χ2n) is 4.41. The predicted octanol–water partition coefficient (Wildman–Crippen LogP) is 2.26. The summed E-state index contributed by atoms with van der Waals surface area (Å²) in [7, 11) is 1.40. The lowest BCUT2D eigenvalue weighted by molar-refractivity contribution is 0.0537. The molecule has 0 aliphatic heterocycles. The molecule has 20 heavy (non-hydrogen) atoms. The molecule has 2 rings (SSSR count). The third-order valence-electron chi connectivity index (χ3n) is 3.13. The number of carbonyl (C=O) groups is 1.